The number of hydrogen-bond acceptors (Lipinski definition) is 4. The molecule has 1 aliphatic heterocycles. The van der Waals surface area contributed by atoms with Gasteiger partial charge in [0.25, 0.3) is 5.91 Å². The van der Waals surface area contributed by atoms with Crippen molar-refractivity contribution in [2.75, 3.05) is 5.32 Å². The minimum atomic E-state index is -4.98. The summed E-state index contributed by atoms with van der Waals surface area (Å²) in [5, 5.41) is 2.44. The number of aliphatic imine (C=N–C) groups is 1. The lowest BCUT2D eigenvalue weighted by Crippen LogP contribution is -2.59. The van der Waals surface area contributed by atoms with Crippen molar-refractivity contribution in [1.82, 2.24) is 9.88 Å². The number of nitrogens with zero attached hydrogens (tertiary/aromatic N) is 3. The number of carbonyl (C=O) groups is 1. The van der Waals surface area contributed by atoms with Crippen molar-refractivity contribution in [3.8, 4) is 0 Å². The number of nitrogens with one attached hydrogen (secondary N) is 1. The molecule has 1 N–H and O–H groups in total. The van der Waals surface area contributed by atoms with Crippen LogP contribution in [0.5, 0.6) is 0 Å². The van der Waals surface area contributed by atoms with Gasteiger partial charge in [-0.1, -0.05) is 54.8 Å². The second-order valence-corrected chi connectivity index (χ2v) is 7.54. The van der Waals surface area contributed by atoms with Crippen molar-refractivity contribution in [2.24, 2.45) is 4.99 Å². The van der Waals surface area contributed by atoms with Crippen molar-refractivity contribution in [3.63, 3.8) is 0 Å². The lowest BCUT2D eigenvalue weighted by molar-refractivity contribution is -0.185. The second kappa shape index (κ2) is 7.33. The SMILES string of the molecule is O=C1N(C2CCCC2)C(c2ccccc2)=N[C@@]1(Nc1cc(Cl)ccn1)C(F)(F)F. The number of anilines is 1. The van der Waals surface area contributed by atoms with Gasteiger partial charge in [0.1, 0.15) is 11.7 Å². The molecule has 5 nitrogen and oxygen atoms in total. The van der Waals surface area contributed by atoms with Crippen LogP contribution in [-0.4, -0.2) is 39.5 Å². The van der Waals surface area contributed by atoms with Crippen LogP contribution in [0.15, 0.2) is 53.7 Å². The molecule has 2 aliphatic rings. The number of halogens is 4. The van der Waals surface area contributed by atoms with Gasteiger partial charge in [-0.3, -0.25) is 9.69 Å². The number of rotatable bonds is 4. The number of hydrogen-bond donors (Lipinski definition) is 1. The van der Waals surface area contributed by atoms with Gasteiger partial charge in [-0.05, 0) is 25.0 Å². The maximum absolute atomic E-state index is 14.3. The Balaban J connectivity index is 1.85. The summed E-state index contributed by atoms with van der Waals surface area (Å²) in [6, 6.07) is 10.8. The lowest BCUT2D eigenvalue weighted by Gasteiger charge is -2.31. The highest BCUT2D eigenvalue weighted by molar-refractivity contribution is 6.30. The zero-order valence-electron chi connectivity index (χ0n) is 15.3. The molecule has 9 heteroatoms. The number of amides is 1. The van der Waals surface area contributed by atoms with E-state index >= 15 is 0 Å². The number of benzene rings is 1. The molecule has 0 saturated heterocycles. The number of aromatic nitrogens is 1. The standard InChI is InChI=1S/C20H18ClF3N4O/c21-14-10-11-25-16(12-14)26-19(20(22,23)24)18(29)28(15-8-4-5-9-15)17(27-19)13-6-2-1-3-7-13/h1-3,6-7,10-12,15H,4-5,8-9H2,(H,25,26)/t19-/m1/s1. The first-order valence-corrected chi connectivity index (χ1v) is 9.65. The van der Waals surface area contributed by atoms with E-state index in [-0.39, 0.29) is 22.7 Å². The van der Waals surface area contributed by atoms with Crippen molar-refractivity contribution < 1.29 is 18.0 Å². The van der Waals surface area contributed by atoms with Gasteiger partial charge in [-0.2, -0.15) is 13.2 Å². The molecule has 1 atom stereocenters. The summed E-state index contributed by atoms with van der Waals surface area (Å²) in [6.45, 7) is 0. The van der Waals surface area contributed by atoms with E-state index in [4.69, 9.17) is 11.6 Å². The average molecular weight is 423 g/mol. The van der Waals surface area contributed by atoms with Crippen LogP contribution in [0.25, 0.3) is 0 Å². The lowest BCUT2D eigenvalue weighted by atomic mass is 10.1. The molecule has 1 aromatic carbocycles. The van der Waals surface area contributed by atoms with Crippen LogP contribution < -0.4 is 5.32 Å². The van der Waals surface area contributed by atoms with E-state index in [9.17, 15) is 18.0 Å². The van der Waals surface area contributed by atoms with Gasteiger partial charge in [0.15, 0.2) is 0 Å². The summed E-state index contributed by atoms with van der Waals surface area (Å²) in [5.41, 5.74) is -2.70. The smallest absolute Gasteiger partial charge is 0.331 e. The first-order valence-electron chi connectivity index (χ1n) is 9.27. The summed E-state index contributed by atoms with van der Waals surface area (Å²) in [7, 11) is 0. The fraction of sp³-hybridized carbons (Fsp3) is 0.350. The Hall–Kier alpha value is -2.61. The quantitative estimate of drug-likeness (QED) is 0.781. The highest BCUT2D eigenvalue weighted by Gasteiger charge is 2.67. The third kappa shape index (κ3) is 3.46. The van der Waals surface area contributed by atoms with Crippen LogP contribution in [0.2, 0.25) is 5.02 Å². The Bertz CT molecular complexity index is 944. The second-order valence-electron chi connectivity index (χ2n) is 7.11. The Morgan fingerprint density at radius 2 is 1.83 bits per heavy atom. The molecule has 29 heavy (non-hydrogen) atoms. The third-order valence-corrected chi connectivity index (χ3v) is 5.43. The Labute approximate surface area is 170 Å². The molecular weight excluding hydrogens is 405 g/mol. The molecule has 1 amide bonds. The molecular formula is C20H18ClF3N4O. The Morgan fingerprint density at radius 3 is 2.45 bits per heavy atom. The first-order chi connectivity index (χ1) is 13.8. The highest BCUT2D eigenvalue weighted by Crippen LogP contribution is 2.43. The summed E-state index contributed by atoms with van der Waals surface area (Å²) in [6.07, 6.45) is -0.717. The van der Waals surface area contributed by atoms with Crippen LogP contribution in [0, 0.1) is 0 Å². The van der Waals surface area contributed by atoms with E-state index in [1.165, 1.54) is 23.2 Å². The van der Waals surface area contributed by atoms with Crippen LogP contribution in [0.3, 0.4) is 0 Å². The van der Waals surface area contributed by atoms with Crippen LogP contribution in [-0.2, 0) is 4.79 Å². The van der Waals surface area contributed by atoms with Gasteiger partial charge in [0.2, 0.25) is 0 Å². The predicted molar refractivity (Wildman–Crippen MR) is 104 cm³/mol. The van der Waals surface area contributed by atoms with E-state index < -0.39 is 17.7 Å². The van der Waals surface area contributed by atoms with Crippen molar-refractivity contribution in [1.29, 1.82) is 0 Å². The molecule has 4 rings (SSSR count). The van der Waals surface area contributed by atoms with Gasteiger partial charge in [-0.15, -0.1) is 0 Å². The summed E-state index contributed by atoms with van der Waals surface area (Å²) < 4.78 is 43.0. The summed E-state index contributed by atoms with van der Waals surface area (Å²) in [4.78, 5) is 22.4. The van der Waals surface area contributed by atoms with Gasteiger partial charge < -0.3 is 5.32 Å². The Morgan fingerprint density at radius 1 is 1.14 bits per heavy atom. The first kappa shape index (κ1) is 19.7. The Kier molecular flexibility index (Phi) is 4.98. The molecule has 1 saturated carbocycles. The summed E-state index contributed by atoms with van der Waals surface area (Å²) in [5.74, 6) is -1.29. The molecule has 0 unspecified atom stereocenters. The number of alkyl halides is 3. The van der Waals surface area contributed by atoms with Gasteiger partial charge in [0, 0.05) is 22.8 Å². The molecule has 1 aromatic heterocycles. The van der Waals surface area contributed by atoms with Crippen molar-refractivity contribution >= 4 is 29.2 Å². The maximum atomic E-state index is 14.3. The van der Waals surface area contributed by atoms with Crippen molar-refractivity contribution in [3.05, 3.63) is 59.2 Å². The molecule has 2 aromatic rings. The number of carbonyl (C=O) groups excluding carboxylic acids is 1. The van der Waals surface area contributed by atoms with Gasteiger partial charge in [0.05, 0.1) is 0 Å². The maximum Gasteiger partial charge on any atom is 0.442 e. The monoisotopic (exact) mass is 422 g/mol. The molecule has 1 aliphatic carbocycles. The van der Waals surface area contributed by atoms with Gasteiger partial charge >= 0.3 is 11.8 Å². The minimum absolute atomic E-state index is 0.0225. The number of amidine groups is 1. The van der Waals surface area contributed by atoms with Crippen LogP contribution in [0.1, 0.15) is 31.2 Å². The summed E-state index contributed by atoms with van der Waals surface area (Å²) >= 11 is 5.89. The van der Waals surface area contributed by atoms with Crippen LogP contribution in [0.4, 0.5) is 19.0 Å². The average Bonchev–Trinajstić information content (AvgIpc) is 3.29. The fourth-order valence-electron chi connectivity index (χ4n) is 3.82. The van der Waals surface area contributed by atoms with E-state index in [2.05, 4.69) is 15.3 Å². The molecule has 0 radical (unpaired) electrons. The molecule has 1 fully saturated rings. The molecule has 152 valence electrons. The van der Waals surface area contributed by atoms with Crippen molar-refractivity contribution in [2.45, 2.75) is 43.6 Å². The topological polar surface area (TPSA) is 57.6 Å². The minimum Gasteiger partial charge on any atom is -0.331 e. The zero-order chi connectivity index (χ0) is 20.6. The largest absolute Gasteiger partial charge is 0.442 e. The molecule has 0 spiro atoms. The fourth-order valence-corrected chi connectivity index (χ4v) is 3.98. The van der Waals surface area contributed by atoms with E-state index in [0.717, 1.165) is 12.8 Å². The van der Waals surface area contributed by atoms with E-state index in [0.29, 0.717) is 18.4 Å². The highest BCUT2D eigenvalue weighted by atomic mass is 35.5. The normalized spacial score (nSPS) is 22.8. The van der Waals surface area contributed by atoms with E-state index in [1.807, 2.05) is 0 Å². The number of pyridine rings is 1. The zero-order valence-corrected chi connectivity index (χ0v) is 16.0. The molecule has 2 heterocycles. The predicted octanol–water partition coefficient (Wildman–Crippen LogP) is 4.64. The van der Waals surface area contributed by atoms with E-state index in [1.54, 1.807) is 30.3 Å². The third-order valence-electron chi connectivity index (χ3n) is 5.19. The van der Waals surface area contributed by atoms with Crippen LogP contribution >= 0.6 is 11.6 Å². The molecule has 0 bridgehead atoms. The van der Waals surface area contributed by atoms with Gasteiger partial charge in [-0.25, -0.2) is 9.98 Å².